The predicted molar refractivity (Wildman–Crippen MR) is 54.9 cm³/mol. The monoisotopic (exact) mass is 229 g/mol. The van der Waals surface area contributed by atoms with Gasteiger partial charge in [-0.25, -0.2) is 9.59 Å². The van der Waals surface area contributed by atoms with E-state index in [-0.39, 0.29) is 19.6 Å². The van der Waals surface area contributed by atoms with Crippen LogP contribution in [0.1, 0.15) is 12.8 Å². The number of carbonyl (C=O) groups is 2. The van der Waals surface area contributed by atoms with E-state index in [2.05, 4.69) is 6.58 Å². The molecule has 1 saturated heterocycles. The lowest BCUT2D eigenvalue weighted by atomic mass is 10.0. The SMILES string of the molecule is C=CCOC(=O)N1CC[C@H](O)C[C@H]1C(=O)O. The first-order valence-electron chi connectivity index (χ1n) is 5.01. The van der Waals surface area contributed by atoms with E-state index in [1.807, 2.05) is 0 Å². The standard InChI is InChI=1S/C10H15NO5/c1-2-5-16-10(15)11-4-3-7(12)6-8(11)9(13)14/h2,7-8,12H,1,3-6H2,(H,13,14)/t7-,8-/m0/s1. The summed E-state index contributed by atoms with van der Waals surface area (Å²) < 4.78 is 4.77. The molecule has 1 amide bonds. The number of aliphatic hydroxyl groups excluding tert-OH is 1. The number of aliphatic carboxylic acids is 1. The van der Waals surface area contributed by atoms with Crippen molar-refractivity contribution in [2.75, 3.05) is 13.2 Å². The number of carboxylic acids is 1. The molecule has 1 aliphatic rings. The Morgan fingerprint density at radius 1 is 1.56 bits per heavy atom. The van der Waals surface area contributed by atoms with Gasteiger partial charge in [0.15, 0.2) is 0 Å². The second-order valence-corrected chi connectivity index (χ2v) is 3.59. The highest BCUT2D eigenvalue weighted by molar-refractivity contribution is 5.80. The topological polar surface area (TPSA) is 87.1 Å². The fourth-order valence-corrected chi connectivity index (χ4v) is 1.61. The predicted octanol–water partition coefficient (Wildman–Crippen LogP) is 0.219. The van der Waals surface area contributed by atoms with Crippen molar-refractivity contribution < 1.29 is 24.5 Å². The molecule has 16 heavy (non-hydrogen) atoms. The highest BCUT2D eigenvalue weighted by atomic mass is 16.6. The van der Waals surface area contributed by atoms with Gasteiger partial charge in [-0.15, -0.1) is 0 Å². The van der Waals surface area contributed by atoms with Gasteiger partial charge < -0.3 is 14.9 Å². The van der Waals surface area contributed by atoms with Gasteiger partial charge in [-0.3, -0.25) is 4.90 Å². The minimum absolute atomic E-state index is 0.0402. The van der Waals surface area contributed by atoms with Gasteiger partial charge in [-0.1, -0.05) is 12.7 Å². The molecule has 1 aliphatic heterocycles. The number of amides is 1. The van der Waals surface area contributed by atoms with E-state index < -0.39 is 24.2 Å². The highest BCUT2D eigenvalue weighted by Gasteiger charge is 2.36. The average Bonchev–Trinajstić information content (AvgIpc) is 2.25. The summed E-state index contributed by atoms with van der Waals surface area (Å²) in [6.07, 6.45) is 0.460. The maximum atomic E-state index is 11.5. The number of aliphatic hydroxyl groups is 1. The molecule has 0 saturated carbocycles. The van der Waals surface area contributed by atoms with Gasteiger partial charge in [0, 0.05) is 13.0 Å². The van der Waals surface area contributed by atoms with Crippen LogP contribution in [0, 0.1) is 0 Å². The molecule has 2 atom stereocenters. The number of likely N-dealkylation sites (tertiary alicyclic amines) is 1. The molecule has 6 heteroatoms. The molecule has 0 aromatic carbocycles. The molecule has 2 N–H and O–H groups in total. The number of hydrogen-bond acceptors (Lipinski definition) is 4. The van der Waals surface area contributed by atoms with Crippen molar-refractivity contribution in [1.29, 1.82) is 0 Å². The minimum atomic E-state index is -1.13. The van der Waals surface area contributed by atoms with E-state index in [0.717, 1.165) is 4.90 Å². The lowest BCUT2D eigenvalue weighted by Crippen LogP contribution is -2.51. The van der Waals surface area contributed by atoms with Gasteiger partial charge in [0.1, 0.15) is 12.6 Å². The van der Waals surface area contributed by atoms with Crippen molar-refractivity contribution in [2.45, 2.75) is 25.0 Å². The largest absolute Gasteiger partial charge is 0.480 e. The Morgan fingerprint density at radius 2 is 2.25 bits per heavy atom. The van der Waals surface area contributed by atoms with E-state index in [1.54, 1.807) is 0 Å². The summed E-state index contributed by atoms with van der Waals surface area (Å²) in [6.45, 7) is 3.63. The van der Waals surface area contributed by atoms with Crippen LogP contribution >= 0.6 is 0 Å². The van der Waals surface area contributed by atoms with Crippen LogP contribution in [0.15, 0.2) is 12.7 Å². The number of rotatable bonds is 3. The van der Waals surface area contributed by atoms with Crippen LogP contribution in [0.4, 0.5) is 4.79 Å². The molecular weight excluding hydrogens is 214 g/mol. The zero-order valence-corrected chi connectivity index (χ0v) is 8.83. The summed E-state index contributed by atoms with van der Waals surface area (Å²) in [5, 5.41) is 18.3. The van der Waals surface area contributed by atoms with Gasteiger partial charge in [-0.2, -0.15) is 0 Å². The molecule has 0 bridgehead atoms. The summed E-state index contributed by atoms with van der Waals surface area (Å²) in [5.74, 6) is -1.13. The molecule has 90 valence electrons. The quantitative estimate of drug-likeness (QED) is 0.676. The van der Waals surface area contributed by atoms with Crippen LogP contribution in [-0.4, -0.2) is 52.5 Å². The smallest absolute Gasteiger partial charge is 0.410 e. The molecule has 1 heterocycles. The van der Waals surface area contributed by atoms with Gasteiger partial charge in [0.25, 0.3) is 0 Å². The summed E-state index contributed by atoms with van der Waals surface area (Å²) in [6, 6.07) is -1.01. The van der Waals surface area contributed by atoms with E-state index >= 15 is 0 Å². The Balaban J connectivity index is 2.64. The van der Waals surface area contributed by atoms with Gasteiger partial charge in [0.05, 0.1) is 6.10 Å². The average molecular weight is 229 g/mol. The second kappa shape index (κ2) is 5.50. The Kier molecular flexibility index (Phi) is 4.30. The number of carbonyl (C=O) groups excluding carboxylic acids is 1. The van der Waals surface area contributed by atoms with Crippen LogP contribution < -0.4 is 0 Å². The molecule has 0 aromatic rings. The molecule has 0 unspecified atom stereocenters. The fourth-order valence-electron chi connectivity index (χ4n) is 1.61. The second-order valence-electron chi connectivity index (χ2n) is 3.59. The maximum Gasteiger partial charge on any atom is 0.410 e. The Bertz CT molecular complexity index is 291. The first kappa shape index (κ1) is 12.5. The molecule has 0 radical (unpaired) electrons. The van der Waals surface area contributed by atoms with Crippen LogP contribution in [-0.2, 0) is 9.53 Å². The number of ether oxygens (including phenoxy) is 1. The Morgan fingerprint density at radius 3 is 2.81 bits per heavy atom. The van der Waals surface area contributed by atoms with Crippen molar-refractivity contribution >= 4 is 12.1 Å². The van der Waals surface area contributed by atoms with E-state index in [9.17, 15) is 14.7 Å². The first-order chi connectivity index (χ1) is 7.56. The van der Waals surface area contributed by atoms with Crippen molar-refractivity contribution in [2.24, 2.45) is 0 Å². The normalized spacial score (nSPS) is 24.9. The summed E-state index contributed by atoms with van der Waals surface area (Å²) in [7, 11) is 0. The third kappa shape index (κ3) is 2.96. The number of piperidine rings is 1. The first-order valence-corrected chi connectivity index (χ1v) is 5.01. The van der Waals surface area contributed by atoms with Crippen LogP contribution in [0.5, 0.6) is 0 Å². The van der Waals surface area contributed by atoms with Crippen molar-refractivity contribution in [3.05, 3.63) is 12.7 Å². The van der Waals surface area contributed by atoms with Crippen molar-refractivity contribution in [1.82, 2.24) is 4.90 Å². The molecular formula is C10H15NO5. The number of hydrogen-bond donors (Lipinski definition) is 2. The number of nitrogens with zero attached hydrogens (tertiary/aromatic N) is 1. The molecule has 0 spiro atoms. The Labute approximate surface area is 93.1 Å². The van der Waals surface area contributed by atoms with E-state index in [4.69, 9.17) is 9.84 Å². The fraction of sp³-hybridized carbons (Fsp3) is 0.600. The number of carboxylic acid groups (broad SMARTS) is 1. The van der Waals surface area contributed by atoms with Crippen LogP contribution in [0.2, 0.25) is 0 Å². The molecule has 0 aliphatic carbocycles. The minimum Gasteiger partial charge on any atom is -0.480 e. The van der Waals surface area contributed by atoms with Crippen molar-refractivity contribution in [3.63, 3.8) is 0 Å². The van der Waals surface area contributed by atoms with Crippen LogP contribution in [0.3, 0.4) is 0 Å². The molecule has 1 fully saturated rings. The summed E-state index contributed by atoms with van der Waals surface area (Å²) >= 11 is 0. The van der Waals surface area contributed by atoms with Crippen molar-refractivity contribution in [3.8, 4) is 0 Å². The zero-order chi connectivity index (χ0) is 12.1. The Hall–Kier alpha value is -1.56. The lowest BCUT2D eigenvalue weighted by Gasteiger charge is -2.34. The van der Waals surface area contributed by atoms with Gasteiger partial charge in [-0.05, 0) is 6.42 Å². The van der Waals surface area contributed by atoms with Gasteiger partial charge >= 0.3 is 12.1 Å². The molecule has 1 rings (SSSR count). The van der Waals surface area contributed by atoms with E-state index in [1.165, 1.54) is 6.08 Å². The summed E-state index contributed by atoms with van der Waals surface area (Å²) in [5.41, 5.74) is 0. The van der Waals surface area contributed by atoms with E-state index in [0.29, 0.717) is 6.42 Å². The molecule has 6 nitrogen and oxygen atoms in total. The lowest BCUT2D eigenvalue weighted by molar-refractivity contribution is -0.145. The third-order valence-corrected chi connectivity index (χ3v) is 2.42. The maximum absolute atomic E-state index is 11.5. The highest BCUT2D eigenvalue weighted by Crippen LogP contribution is 2.18. The zero-order valence-electron chi connectivity index (χ0n) is 8.83. The summed E-state index contributed by atoms with van der Waals surface area (Å²) in [4.78, 5) is 23.5. The molecule has 0 aromatic heterocycles. The van der Waals surface area contributed by atoms with Crippen LogP contribution in [0.25, 0.3) is 0 Å². The third-order valence-electron chi connectivity index (χ3n) is 2.42. The van der Waals surface area contributed by atoms with Gasteiger partial charge in [0.2, 0.25) is 0 Å².